The van der Waals surface area contributed by atoms with Gasteiger partial charge >= 0.3 is 5.97 Å². The van der Waals surface area contributed by atoms with E-state index in [0.29, 0.717) is 11.5 Å². The van der Waals surface area contributed by atoms with Crippen LogP contribution in [0.2, 0.25) is 0 Å². The van der Waals surface area contributed by atoms with Gasteiger partial charge in [-0.2, -0.15) is 0 Å². The first kappa shape index (κ1) is 18.8. The summed E-state index contributed by atoms with van der Waals surface area (Å²) < 4.78 is 37.8. The third-order valence-corrected chi connectivity index (χ3v) is 6.65. The summed E-state index contributed by atoms with van der Waals surface area (Å²) in [5.41, 5.74) is 0.416. The number of hydrogen-bond acceptors (Lipinski definition) is 9. The number of sulfonamides is 1. The van der Waals surface area contributed by atoms with Crippen LogP contribution in [0.3, 0.4) is 0 Å². The first-order chi connectivity index (χ1) is 13.4. The van der Waals surface area contributed by atoms with Crippen LogP contribution in [0.25, 0.3) is 10.8 Å². The summed E-state index contributed by atoms with van der Waals surface area (Å²) >= 11 is 4.79. The third kappa shape index (κ3) is 3.84. The van der Waals surface area contributed by atoms with E-state index in [1.165, 1.54) is 17.4 Å². The number of aromatic nitrogens is 2. The van der Waals surface area contributed by atoms with Crippen molar-refractivity contribution in [2.24, 2.45) is 4.99 Å². The van der Waals surface area contributed by atoms with E-state index in [2.05, 4.69) is 35.8 Å². The van der Waals surface area contributed by atoms with Gasteiger partial charge in [-0.25, -0.2) is 8.42 Å². The van der Waals surface area contributed by atoms with Gasteiger partial charge in [0.1, 0.15) is 12.4 Å². The topological polar surface area (TPSA) is 124 Å². The highest BCUT2D eigenvalue weighted by atomic mass is 79.9. The van der Waals surface area contributed by atoms with Crippen LogP contribution in [0.4, 0.5) is 0 Å². The molecule has 0 aliphatic carbocycles. The number of rotatable bonds is 5. The minimum Gasteiger partial charge on any atom is -0.454 e. The van der Waals surface area contributed by atoms with Crippen molar-refractivity contribution in [3.63, 3.8) is 0 Å². The zero-order chi connectivity index (χ0) is 19.7. The van der Waals surface area contributed by atoms with Crippen molar-refractivity contribution in [2.45, 2.75) is 11.5 Å². The fourth-order valence-electron chi connectivity index (χ4n) is 2.42. The van der Waals surface area contributed by atoms with E-state index >= 15 is 0 Å². The fourth-order valence-corrected chi connectivity index (χ4v) is 4.98. The van der Waals surface area contributed by atoms with Gasteiger partial charge in [-0.3, -0.25) is 14.5 Å². The standard InChI is InChI=1S/C16H11BrN4O5S2/c17-12-6-5-10(27-12)16-20-19-13(26-16)8-25-14(22)7-18-15-9-3-1-2-4-11(9)28(23,24)21-15/h1-6H,7-8H2,(H,18,21). The molecule has 1 aliphatic heterocycles. The molecule has 1 aliphatic rings. The molecule has 3 heterocycles. The molecule has 0 fully saturated rings. The summed E-state index contributed by atoms with van der Waals surface area (Å²) in [6, 6.07) is 10.1. The Kier molecular flexibility index (Phi) is 5.00. The second-order valence-electron chi connectivity index (χ2n) is 5.53. The quantitative estimate of drug-likeness (QED) is 0.553. The van der Waals surface area contributed by atoms with E-state index in [4.69, 9.17) is 9.15 Å². The Hall–Kier alpha value is -2.57. The number of carbonyl (C=O) groups is 1. The summed E-state index contributed by atoms with van der Waals surface area (Å²) in [4.78, 5) is 16.8. The first-order valence-corrected chi connectivity index (χ1v) is 10.9. The maximum atomic E-state index is 12.0. The summed E-state index contributed by atoms with van der Waals surface area (Å²) in [6.07, 6.45) is 0. The van der Waals surface area contributed by atoms with E-state index in [0.717, 1.165) is 8.66 Å². The molecule has 4 rings (SSSR count). The predicted octanol–water partition coefficient (Wildman–Crippen LogP) is 2.34. The van der Waals surface area contributed by atoms with Crippen LogP contribution in [-0.2, 0) is 26.2 Å². The second kappa shape index (κ2) is 7.45. The number of esters is 1. The molecule has 28 heavy (non-hydrogen) atoms. The van der Waals surface area contributed by atoms with E-state index in [1.807, 2.05) is 12.1 Å². The monoisotopic (exact) mass is 482 g/mol. The maximum absolute atomic E-state index is 12.0. The number of thiophene rings is 1. The molecule has 0 saturated heterocycles. The lowest BCUT2D eigenvalue weighted by Crippen LogP contribution is -2.23. The Labute approximate surface area is 171 Å². The lowest BCUT2D eigenvalue weighted by molar-refractivity contribution is -0.143. The van der Waals surface area contributed by atoms with Gasteiger partial charge in [0, 0.05) is 5.56 Å². The number of benzene rings is 1. The van der Waals surface area contributed by atoms with E-state index in [1.54, 1.807) is 18.2 Å². The van der Waals surface area contributed by atoms with Crippen LogP contribution >= 0.6 is 27.3 Å². The molecule has 2 aromatic heterocycles. The van der Waals surface area contributed by atoms with Crippen molar-refractivity contribution in [1.82, 2.24) is 14.9 Å². The van der Waals surface area contributed by atoms with Crippen molar-refractivity contribution < 1.29 is 22.4 Å². The third-order valence-electron chi connectivity index (χ3n) is 3.64. The van der Waals surface area contributed by atoms with Crippen molar-refractivity contribution in [1.29, 1.82) is 0 Å². The number of halogens is 1. The number of amidine groups is 1. The van der Waals surface area contributed by atoms with Gasteiger partial charge in [-0.1, -0.05) is 12.1 Å². The average molecular weight is 483 g/mol. The Bertz CT molecular complexity index is 1190. The number of ether oxygens (including phenoxy) is 1. The van der Waals surface area contributed by atoms with Gasteiger partial charge in [-0.05, 0) is 40.2 Å². The molecule has 3 aromatic rings. The molecule has 0 unspecified atom stereocenters. The number of hydrogen-bond donors (Lipinski definition) is 1. The molecule has 0 spiro atoms. The number of aliphatic imine (C=N–C) groups is 1. The summed E-state index contributed by atoms with van der Waals surface area (Å²) in [5.74, 6) is -0.0722. The lowest BCUT2D eigenvalue weighted by atomic mass is 10.2. The molecule has 0 bridgehead atoms. The first-order valence-electron chi connectivity index (χ1n) is 7.83. The van der Waals surface area contributed by atoms with Gasteiger partial charge in [0.05, 0.1) is 13.6 Å². The summed E-state index contributed by atoms with van der Waals surface area (Å²) in [6.45, 7) is -0.559. The van der Waals surface area contributed by atoms with Gasteiger partial charge in [0.15, 0.2) is 6.61 Å². The van der Waals surface area contributed by atoms with Crippen LogP contribution in [0.15, 0.2) is 54.5 Å². The van der Waals surface area contributed by atoms with Crippen molar-refractivity contribution >= 4 is 49.1 Å². The maximum Gasteiger partial charge on any atom is 0.328 e. The Morgan fingerprint density at radius 3 is 2.86 bits per heavy atom. The minimum absolute atomic E-state index is 0.107. The largest absolute Gasteiger partial charge is 0.454 e. The van der Waals surface area contributed by atoms with Gasteiger partial charge in [0.2, 0.25) is 0 Å². The number of nitrogens with zero attached hydrogens (tertiary/aromatic N) is 3. The normalized spacial score (nSPS) is 16.0. The molecule has 0 radical (unpaired) electrons. The number of carbonyl (C=O) groups excluding carboxylic acids is 1. The summed E-state index contributed by atoms with van der Waals surface area (Å²) in [7, 11) is -3.65. The predicted molar refractivity (Wildman–Crippen MR) is 103 cm³/mol. The highest BCUT2D eigenvalue weighted by molar-refractivity contribution is 9.11. The second-order valence-corrected chi connectivity index (χ2v) is 9.65. The summed E-state index contributed by atoms with van der Waals surface area (Å²) in [5, 5.41) is 7.74. The van der Waals surface area contributed by atoms with Crippen LogP contribution in [-0.4, -0.2) is 37.0 Å². The van der Waals surface area contributed by atoms with E-state index < -0.39 is 16.0 Å². The number of fused-ring (bicyclic) bond motifs is 1. The molecule has 1 aromatic carbocycles. The molecule has 0 saturated carbocycles. The van der Waals surface area contributed by atoms with Crippen molar-refractivity contribution in [2.75, 3.05) is 6.54 Å². The smallest absolute Gasteiger partial charge is 0.328 e. The Morgan fingerprint density at radius 1 is 1.25 bits per heavy atom. The van der Waals surface area contributed by atoms with Crippen LogP contribution in [0.1, 0.15) is 11.5 Å². The Morgan fingerprint density at radius 2 is 2.07 bits per heavy atom. The number of nitrogens with one attached hydrogen (secondary N) is 1. The van der Waals surface area contributed by atoms with Crippen LogP contribution in [0, 0.1) is 0 Å². The average Bonchev–Trinajstić information content (AvgIpc) is 3.37. The lowest BCUT2D eigenvalue weighted by Gasteiger charge is -2.01. The molecule has 9 nitrogen and oxygen atoms in total. The SMILES string of the molecule is O=C(CN=C1NS(=O)(=O)c2ccccc21)OCc1nnc(-c2ccc(Br)s2)o1. The minimum atomic E-state index is -3.65. The highest BCUT2D eigenvalue weighted by Crippen LogP contribution is 2.30. The molecule has 1 N–H and O–H groups in total. The zero-order valence-electron chi connectivity index (χ0n) is 14.0. The molecular weight excluding hydrogens is 472 g/mol. The molecular formula is C16H11BrN4O5S2. The van der Waals surface area contributed by atoms with E-state index in [-0.39, 0.29) is 29.8 Å². The fraction of sp³-hybridized carbons (Fsp3) is 0.125. The molecule has 0 atom stereocenters. The van der Waals surface area contributed by atoms with Gasteiger partial charge in [0.25, 0.3) is 21.8 Å². The van der Waals surface area contributed by atoms with Crippen LogP contribution < -0.4 is 4.72 Å². The van der Waals surface area contributed by atoms with Crippen LogP contribution in [0.5, 0.6) is 0 Å². The highest BCUT2D eigenvalue weighted by Gasteiger charge is 2.30. The molecule has 0 amide bonds. The van der Waals surface area contributed by atoms with Gasteiger partial charge < -0.3 is 9.15 Å². The van der Waals surface area contributed by atoms with Crippen molar-refractivity contribution in [3.8, 4) is 10.8 Å². The zero-order valence-corrected chi connectivity index (χ0v) is 17.2. The molecule has 144 valence electrons. The van der Waals surface area contributed by atoms with Gasteiger partial charge in [-0.15, -0.1) is 21.5 Å². The van der Waals surface area contributed by atoms with Crippen molar-refractivity contribution in [3.05, 3.63) is 51.6 Å². The van der Waals surface area contributed by atoms with E-state index in [9.17, 15) is 13.2 Å². The molecule has 12 heteroatoms. The Balaban J connectivity index is 1.37.